The third kappa shape index (κ3) is 8.51. The molecule has 0 aliphatic carbocycles. The number of hydrogen-bond donors (Lipinski definition) is 0. The van der Waals surface area contributed by atoms with Crippen molar-refractivity contribution < 1.29 is 0 Å². The minimum atomic E-state index is 0.189. The van der Waals surface area contributed by atoms with E-state index in [1.54, 1.807) is 0 Å². The van der Waals surface area contributed by atoms with E-state index in [2.05, 4.69) is 27.7 Å². The Morgan fingerprint density at radius 1 is 0.917 bits per heavy atom. The van der Waals surface area contributed by atoms with Gasteiger partial charge in [-0.25, -0.2) is 7.12 Å². The van der Waals surface area contributed by atoms with Crippen LogP contribution in [0.2, 0.25) is 0 Å². The fraction of sp³-hybridized carbons (Fsp3) is 1.00. The average molecular weight is 185 g/mol. The Bertz CT molecular complexity index is 90.0. The maximum atomic E-state index is 6.00. The van der Waals surface area contributed by atoms with Crippen LogP contribution in [0, 0.1) is 11.8 Å². The van der Waals surface area contributed by atoms with Gasteiger partial charge in [0.05, 0.1) is 11.5 Å². The van der Waals surface area contributed by atoms with E-state index < -0.39 is 0 Å². The van der Waals surface area contributed by atoms with Gasteiger partial charge in [-0.15, -0.1) is 0 Å². The van der Waals surface area contributed by atoms with Crippen molar-refractivity contribution in [2.45, 2.75) is 40.5 Å². The highest BCUT2D eigenvalue weighted by atomic mass is 32.2. The maximum Gasteiger partial charge on any atom is 0.0547 e. The summed E-state index contributed by atoms with van der Waals surface area (Å²) >= 11 is 0. The molecular weight excluding hydrogens is 163 g/mol. The Morgan fingerprint density at radius 2 is 1.25 bits per heavy atom. The molecule has 0 unspecified atom stereocenters. The van der Waals surface area contributed by atoms with Gasteiger partial charge in [-0.05, 0) is 24.7 Å². The Hall–Kier alpha value is 0.415. The molecule has 71 valence electrons. The Kier molecular flexibility index (Phi) is 7.12. The molecule has 0 aliphatic rings. The zero-order valence-electron chi connectivity index (χ0n) is 8.97. The van der Waals surface area contributed by atoms with Crippen LogP contribution in [0.1, 0.15) is 40.5 Å². The zero-order valence-corrected chi connectivity index (χ0v) is 9.79. The molecule has 0 atom stereocenters. The summed E-state index contributed by atoms with van der Waals surface area (Å²) in [5, 5.41) is 0. The minimum Gasteiger partial charge on any atom is -0.331 e. The van der Waals surface area contributed by atoms with E-state index in [1.165, 1.54) is 24.3 Å². The van der Waals surface area contributed by atoms with Crippen molar-refractivity contribution in [3.63, 3.8) is 0 Å². The van der Waals surface area contributed by atoms with Crippen LogP contribution in [0.3, 0.4) is 0 Å². The molecule has 0 rings (SSSR count). The van der Waals surface area contributed by atoms with Gasteiger partial charge in [0.2, 0.25) is 0 Å². The molecule has 0 aliphatic heterocycles. The molecule has 0 saturated carbocycles. The summed E-state index contributed by atoms with van der Waals surface area (Å²) in [5.74, 6) is 4.07. The van der Waals surface area contributed by atoms with Gasteiger partial charge in [0.25, 0.3) is 0 Å². The van der Waals surface area contributed by atoms with Crippen LogP contribution in [-0.4, -0.2) is 18.6 Å². The molecule has 0 amide bonds. The van der Waals surface area contributed by atoms with Gasteiger partial charge >= 0.3 is 0 Å². The average Bonchev–Trinajstić information content (AvgIpc) is 1.96. The normalized spacial score (nSPS) is 12.0. The van der Waals surface area contributed by atoms with E-state index in [9.17, 15) is 0 Å². The van der Waals surface area contributed by atoms with Crippen molar-refractivity contribution >= 4 is 17.9 Å². The van der Waals surface area contributed by atoms with E-state index >= 15 is 0 Å². The van der Waals surface area contributed by atoms with Crippen molar-refractivity contribution in [3.8, 4) is 0 Å². The molecule has 0 heterocycles. The highest BCUT2D eigenvalue weighted by Crippen LogP contribution is 2.07. The molecule has 0 fully saturated rings. The van der Waals surface area contributed by atoms with E-state index in [0.29, 0.717) is 0 Å². The number of rotatable bonds is 6. The standard InChI is InChI=1S/C10H22BS/c1-9(2)5-7-12(11)8-6-10(3)4/h9-10H,5-8H2,1-4H3. The van der Waals surface area contributed by atoms with Gasteiger partial charge in [-0.3, -0.25) is 0 Å². The fourth-order valence-electron chi connectivity index (χ4n) is 0.876. The molecule has 0 N–H and O–H groups in total. The van der Waals surface area contributed by atoms with Gasteiger partial charge in [-0.1, -0.05) is 27.7 Å². The lowest BCUT2D eigenvalue weighted by molar-refractivity contribution is 0.622. The predicted molar refractivity (Wildman–Crippen MR) is 61.8 cm³/mol. The van der Waals surface area contributed by atoms with E-state index in [1.807, 2.05) is 0 Å². The largest absolute Gasteiger partial charge is 0.331 e. The summed E-state index contributed by atoms with van der Waals surface area (Å²) in [6, 6.07) is 0. The third-order valence-corrected chi connectivity index (χ3v) is 3.43. The van der Waals surface area contributed by atoms with Crippen molar-refractivity contribution in [3.05, 3.63) is 0 Å². The lowest BCUT2D eigenvalue weighted by Gasteiger charge is -2.18. The van der Waals surface area contributed by atoms with Gasteiger partial charge in [0, 0.05) is 0 Å². The SMILES string of the molecule is [B-][S+](CCC(C)C)CCC(C)C. The van der Waals surface area contributed by atoms with Gasteiger partial charge in [0.1, 0.15) is 0 Å². The van der Waals surface area contributed by atoms with Crippen LogP contribution >= 0.6 is 0 Å². The molecule has 12 heavy (non-hydrogen) atoms. The van der Waals surface area contributed by atoms with Gasteiger partial charge in [0.15, 0.2) is 0 Å². The van der Waals surface area contributed by atoms with Crippen LogP contribution in [0.5, 0.6) is 0 Å². The first kappa shape index (κ1) is 12.4. The Balaban J connectivity index is 3.27. The molecule has 0 nitrogen and oxygen atoms in total. The predicted octanol–water partition coefficient (Wildman–Crippen LogP) is 2.78. The lowest BCUT2D eigenvalue weighted by Crippen LogP contribution is -2.14. The first-order chi connectivity index (χ1) is 5.52. The molecule has 0 saturated heterocycles. The van der Waals surface area contributed by atoms with Crippen LogP contribution < -0.4 is 0 Å². The first-order valence-electron chi connectivity index (χ1n) is 4.94. The fourth-order valence-corrected chi connectivity index (χ4v) is 2.63. The summed E-state index contributed by atoms with van der Waals surface area (Å²) < 4.78 is 0. The summed E-state index contributed by atoms with van der Waals surface area (Å²) in [7, 11) is 6.19. The second-order valence-corrected chi connectivity index (χ2v) is 6.20. The van der Waals surface area contributed by atoms with Crippen molar-refractivity contribution in [1.29, 1.82) is 0 Å². The smallest absolute Gasteiger partial charge is 0.0547 e. The second-order valence-electron chi connectivity index (χ2n) is 4.31. The molecule has 2 heteroatoms. The van der Waals surface area contributed by atoms with Crippen LogP contribution in [0.4, 0.5) is 0 Å². The van der Waals surface area contributed by atoms with E-state index in [4.69, 9.17) is 7.12 Å². The highest BCUT2D eigenvalue weighted by molar-refractivity contribution is 8.16. The summed E-state index contributed by atoms with van der Waals surface area (Å²) in [4.78, 5) is 0. The lowest BCUT2D eigenvalue weighted by atomic mass is 10.2. The minimum absolute atomic E-state index is 0.189. The molecule has 0 aromatic rings. The Morgan fingerprint density at radius 3 is 1.50 bits per heavy atom. The summed E-state index contributed by atoms with van der Waals surface area (Å²) in [5.41, 5.74) is 0. The molecule has 0 spiro atoms. The molecule has 0 bridgehead atoms. The van der Waals surface area contributed by atoms with Crippen LogP contribution in [0.25, 0.3) is 0 Å². The first-order valence-corrected chi connectivity index (χ1v) is 6.57. The monoisotopic (exact) mass is 185 g/mol. The maximum absolute atomic E-state index is 6.00. The molecule has 0 aromatic carbocycles. The quantitative estimate of drug-likeness (QED) is 0.441. The Labute approximate surface area is 82.2 Å². The third-order valence-electron chi connectivity index (χ3n) is 1.91. The van der Waals surface area contributed by atoms with Crippen molar-refractivity contribution in [2.24, 2.45) is 11.8 Å². The second kappa shape index (κ2) is 6.88. The van der Waals surface area contributed by atoms with Gasteiger partial charge in [-0.2, -0.15) is 0 Å². The van der Waals surface area contributed by atoms with E-state index in [0.717, 1.165) is 11.8 Å². The number of hydrogen-bond acceptors (Lipinski definition) is 0. The summed E-state index contributed by atoms with van der Waals surface area (Å²) in [6.07, 6.45) is 2.58. The van der Waals surface area contributed by atoms with Crippen molar-refractivity contribution in [1.82, 2.24) is 0 Å². The topological polar surface area (TPSA) is 0 Å². The zero-order chi connectivity index (χ0) is 9.56. The summed E-state index contributed by atoms with van der Waals surface area (Å²) in [6.45, 7) is 9.05. The molecular formula is C10H22BS. The van der Waals surface area contributed by atoms with Crippen molar-refractivity contribution in [2.75, 3.05) is 11.5 Å². The highest BCUT2D eigenvalue weighted by Gasteiger charge is 2.02. The van der Waals surface area contributed by atoms with E-state index in [-0.39, 0.29) is 10.7 Å². The van der Waals surface area contributed by atoms with Gasteiger partial charge < -0.3 is 10.7 Å². The van der Waals surface area contributed by atoms with Crippen LogP contribution in [0.15, 0.2) is 0 Å². The van der Waals surface area contributed by atoms with Crippen LogP contribution in [-0.2, 0) is 10.7 Å². The molecule has 3 radical (unpaired) electrons. The molecule has 0 aromatic heterocycles.